The van der Waals surface area contributed by atoms with Gasteiger partial charge in [0.25, 0.3) is 0 Å². The van der Waals surface area contributed by atoms with Crippen molar-refractivity contribution in [2.45, 2.75) is 43.0 Å². The Morgan fingerprint density at radius 2 is 1.84 bits per heavy atom. The van der Waals surface area contributed by atoms with Crippen molar-refractivity contribution < 1.29 is 61.4 Å². The fourth-order valence-electron chi connectivity index (χ4n) is 3.26. The lowest BCUT2D eigenvalue weighted by Gasteiger charge is -2.19. The molecule has 0 aromatic carbocycles. The molecule has 0 amide bonds. The van der Waals surface area contributed by atoms with E-state index in [1.807, 2.05) is 6.92 Å². The van der Waals surface area contributed by atoms with Crippen LogP contribution in [0.1, 0.15) is 19.6 Å². The van der Waals surface area contributed by atoms with E-state index in [4.69, 9.17) is 14.5 Å². The zero-order chi connectivity index (χ0) is 28.5. The third-order valence-electron chi connectivity index (χ3n) is 4.86. The van der Waals surface area contributed by atoms with Crippen LogP contribution >= 0.6 is 35.2 Å². The summed E-state index contributed by atoms with van der Waals surface area (Å²) in [6.45, 7) is 5.29. The van der Waals surface area contributed by atoms with Gasteiger partial charge in [-0.05, 0) is 19.6 Å². The van der Waals surface area contributed by atoms with E-state index in [-0.39, 0.29) is 5.65 Å². The molecule has 3 heterocycles. The zero-order valence-corrected chi connectivity index (χ0v) is 23.3. The van der Waals surface area contributed by atoms with Crippen LogP contribution in [0.25, 0.3) is 11.2 Å². The van der Waals surface area contributed by atoms with E-state index in [9.17, 15) is 33.7 Å². The Hall–Kier alpha value is -1.27. The summed E-state index contributed by atoms with van der Waals surface area (Å²) in [4.78, 5) is 49.1. The minimum absolute atomic E-state index is 0.243. The molecule has 0 bridgehead atoms. The lowest BCUT2D eigenvalue weighted by Crippen LogP contribution is -2.33. The van der Waals surface area contributed by atoms with E-state index < -0.39 is 54.6 Å². The Morgan fingerprint density at radius 1 is 1.16 bits per heavy atom. The van der Waals surface area contributed by atoms with Gasteiger partial charge in [0.15, 0.2) is 28.4 Å². The van der Waals surface area contributed by atoms with E-state index in [1.165, 1.54) is 22.7 Å². The second-order valence-electron chi connectivity index (χ2n) is 7.95. The van der Waals surface area contributed by atoms with Crippen molar-refractivity contribution in [3.05, 3.63) is 18.5 Å². The number of thioether (sulfide) groups is 1. The molecule has 0 aliphatic carbocycles. The quantitative estimate of drug-likeness (QED) is 0.0708. The highest BCUT2D eigenvalue weighted by Crippen LogP contribution is 2.66. The maximum Gasteiger partial charge on any atom is 0.490 e. The Balaban J connectivity index is 1.76. The number of phosphoric ester groups is 1. The minimum Gasteiger partial charge on any atom is -0.387 e. The van der Waals surface area contributed by atoms with Crippen LogP contribution in [0.2, 0.25) is 0 Å². The number of nitrogens with one attached hydrogen (secondary N) is 1. The van der Waals surface area contributed by atoms with Gasteiger partial charge in [0.05, 0.1) is 12.9 Å². The third kappa shape index (κ3) is 8.13. The summed E-state index contributed by atoms with van der Waals surface area (Å²) in [6, 6.07) is 0. The minimum atomic E-state index is -5.72. The van der Waals surface area contributed by atoms with Gasteiger partial charge in [-0.1, -0.05) is 17.3 Å². The molecule has 1 saturated heterocycles. The smallest absolute Gasteiger partial charge is 0.387 e. The fraction of sp³-hybridized carbons (Fsp3) is 0.562. The predicted molar refractivity (Wildman–Crippen MR) is 131 cm³/mol. The summed E-state index contributed by atoms with van der Waals surface area (Å²) in [5.41, 5.74) is 1.54. The molecule has 2 unspecified atom stereocenters. The van der Waals surface area contributed by atoms with Gasteiger partial charge in [0.1, 0.15) is 18.3 Å². The molecule has 6 atom stereocenters. The number of imidazole rings is 1. The fourth-order valence-corrected chi connectivity index (χ4v) is 6.65. The maximum absolute atomic E-state index is 12.0. The second-order valence-corrected chi connectivity index (χ2v) is 13.1. The predicted octanol–water partition coefficient (Wildman–Crippen LogP) is 0.889. The van der Waals surface area contributed by atoms with Crippen molar-refractivity contribution in [2.75, 3.05) is 24.7 Å². The number of hydrogen-bond donors (Lipinski definition) is 7. The highest BCUT2D eigenvalue weighted by molar-refractivity contribution is 7.98. The number of fused-ring (bicyclic) bond motifs is 1. The molecular formula is C16H26N5O13P3S. The number of ether oxygens (including phenoxy) is 1. The molecule has 0 spiro atoms. The lowest BCUT2D eigenvalue weighted by atomic mass is 10.1. The summed E-state index contributed by atoms with van der Waals surface area (Å²) in [7, 11) is -16.7. The first-order valence-electron chi connectivity index (χ1n) is 10.5. The Bertz CT molecular complexity index is 1320. The zero-order valence-electron chi connectivity index (χ0n) is 19.8. The first-order valence-corrected chi connectivity index (χ1v) is 16.2. The van der Waals surface area contributed by atoms with Crippen molar-refractivity contribution in [3.63, 3.8) is 0 Å². The average Bonchev–Trinajstić information content (AvgIpc) is 3.30. The van der Waals surface area contributed by atoms with Crippen molar-refractivity contribution in [2.24, 2.45) is 0 Å². The SMILES string of the molecule is C=C(C)CCNc1nc(SC)nc2c1ncn2[C@@H]1O[C@H](COP(=O)(O)OP(=O)(O)OP(=O)(O)O)[C@@H](O)[C@H]1O. The van der Waals surface area contributed by atoms with E-state index in [0.717, 1.165) is 5.57 Å². The average molecular weight is 621 g/mol. The first-order chi connectivity index (χ1) is 17.5. The van der Waals surface area contributed by atoms with Crippen LogP contribution in [0.5, 0.6) is 0 Å². The third-order valence-corrected chi connectivity index (χ3v) is 9.21. The summed E-state index contributed by atoms with van der Waals surface area (Å²) in [5.74, 6) is 0.414. The van der Waals surface area contributed by atoms with Gasteiger partial charge in [-0.2, -0.15) is 8.62 Å². The Labute approximate surface area is 219 Å². The Kier molecular flexibility index (Phi) is 9.94. The molecule has 1 aliphatic heterocycles. The highest BCUT2D eigenvalue weighted by atomic mass is 32.2. The molecule has 0 radical (unpaired) electrons. The normalized spacial score (nSPS) is 25.3. The number of phosphoric acid groups is 3. The second kappa shape index (κ2) is 12.1. The molecule has 1 aliphatic rings. The van der Waals surface area contributed by atoms with Gasteiger partial charge >= 0.3 is 23.5 Å². The van der Waals surface area contributed by atoms with Crippen LogP contribution in [0.4, 0.5) is 5.82 Å². The molecule has 3 rings (SSSR count). The standard InChI is InChI=1S/C16H26N5O13P3S/c1-8(2)4-5-17-13-10-14(20-16(19-13)38-3)21(7-18-10)15-12(23)11(22)9(32-15)6-31-36(27,28)34-37(29,30)33-35(24,25)26/h7,9,11-12,15,22-23H,1,4-6H2,2-3H3,(H,27,28)(H,29,30)(H,17,19,20)(H2,24,25,26)/t9-,11-,12-,15-/m1/s1. The van der Waals surface area contributed by atoms with E-state index >= 15 is 0 Å². The molecule has 22 heteroatoms. The number of aliphatic hydroxyl groups excluding tert-OH is 2. The molecule has 38 heavy (non-hydrogen) atoms. The lowest BCUT2D eigenvalue weighted by molar-refractivity contribution is -0.0503. The molecule has 1 fully saturated rings. The van der Waals surface area contributed by atoms with Crippen molar-refractivity contribution in [1.29, 1.82) is 0 Å². The van der Waals surface area contributed by atoms with Gasteiger partial charge in [0.2, 0.25) is 0 Å². The monoisotopic (exact) mass is 621 g/mol. The summed E-state index contributed by atoms with van der Waals surface area (Å²) < 4.78 is 52.9. The molecule has 0 saturated carbocycles. The number of rotatable bonds is 13. The van der Waals surface area contributed by atoms with Crippen molar-refractivity contribution >= 4 is 52.2 Å². The molecule has 7 N–H and O–H groups in total. The van der Waals surface area contributed by atoms with Gasteiger partial charge < -0.3 is 39.8 Å². The van der Waals surface area contributed by atoms with Crippen LogP contribution in [0.15, 0.2) is 23.6 Å². The topological polar surface area (TPSA) is 265 Å². The number of nitrogens with zero attached hydrogens (tertiary/aromatic N) is 4. The van der Waals surface area contributed by atoms with E-state index in [0.29, 0.717) is 29.5 Å². The summed E-state index contributed by atoms with van der Waals surface area (Å²) in [5, 5.41) is 24.5. The van der Waals surface area contributed by atoms with Crippen LogP contribution < -0.4 is 5.32 Å². The van der Waals surface area contributed by atoms with Crippen LogP contribution in [-0.4, -0.2) is 87.0 Å². The van der Waals surface area contributed by atoms with Gasteiger partial charge in [-0.3, -0.25) is 9.09 Å². The Morgan fingerprint density at radius 3 is 2.45 bits per heavy atom. The van der Waals surface area contributed by atoms with Crippen LogP contribution in [0.3, 0.4) is 0 Å². The number of anilines is 1. The summed E-state index contributed by atoms with van der Waals surface area (Å²) >= 11 is 1.24. The molecule has 18 nitrogen and oxygen atoms in total. The highest BCUT2D eigenvalue weighted by Gasteiger charge is 2.47. The van der Waals surface area contributed by atoms with Crippen molar-refractivity contribution in [3.8, 4) is 0 Å². The maximum atomic E-state index is 12.0. The molecule has 2 aromatic heterocycles. The van der Waals surface area contributed by atoms with Crippen molar-refractivity contribution in [1.82, 2.24) is 19.5 Å². The van der Waals surface area contributed by atoms with Gasteiger partial charge in [0, 0.05) is 6.54 Å². The largest absolute Gasteiger partial charge is 0.490 e. The number of aromatic nitrogens is 4. The number of aliphatic hydroxyl groups is 2. The van der Waals surface area contributed by atoms with E-state index in [1.54, 1.807) is 6.26 Å². The summed E-state index contributed by atoms with van der Waals surface area (Å²) in [6.07, 6.45) is -2.32. The van der Waals surface area contributed by atoms with Crippen LogP contribution in [-0.2, 0) is 31.6 Å². The van der Waals surface area contributed by atoms with Gasteiger partial charge in [-0.25, -0.2) is 28.6 Å². The molecule has 214 valence electrons. The molecule has 2 aromatic rings. The van der Waals surface area contributed by atoms with E-state index in [2.05, 4.69) is 40.0 Å². The number of hydrogen-bond acceptors (Lipinski definition) is 14. The van der Waals surface area contributed by atoms with Gasteiger partial charge in [-0.15, -0.1) is 6.58 Å². The molecular weight excluding hydrogens is 595 g/mol. The first kappa shape index (κ1) is 31.3. The van der Waals surface area contributed by atoms with Crippen LogP contribution in [0, 0.1) is 0 Å².